The monoisotopic (exact) mass is 490 g/mol. The number of anilines is 3. The van der Waals surface area contributed by atoms with Gasteiger partial charge < -0.3 is 10.2 Å². The number of hydrogen-bond acceptors (Lipinski definition) is 8. The third-order valence-corrected chi connectivity index (χ3v) is 6.75. The van der Waals surface area contributed by atoms with Gasteiger partial charge in [0, 0.05) is 53.9 Å². The van der Waals surface area contributed by atoms with Gasteiger partial charge in [-0.15, -0.1) is 16.4 Å². The molecule has 11 heteroatoms. The number of rotatable bonds is 5. The van der Waals surface area contributed by atoms with Crippen LogP contribution in [0.3, 0.4) is 0 Å². The molecule has 0 atom stereocenters. The van der Waals surface area contributed by atoms with Gasteiger partial charge in [-0.3, -0.25) is 14.9 Å². The fourth-order valence-corrected chi connectivity index (χ4v) is 5.09. The van der Waals surface area contributed by atoms with Crippen LogP contribution in [-0.4, -0.2) is 49.5 Å². The number of hydrogen-bond donors (Lipinski definition) is 2. The van der Waals surface area contributed by atoms with E-state index in [1.54, 1.807) is 4.52 Å². The maximum Gasteiger partial charge on any atom is 0.250 e. The molecule has 180 valence electrons. The number of nitrogens with zero attached hydrogens (tertiary/aromatic N) is 6. The van der Waals surface area contributed by atoms with Crippen molar-refractivity contribution in [1.82, 2.24) is 24.6 Å². The lowest BCUT2D eigenvalue weighted by atomic mass is 9.96. The molecule has 4 heterocycles. The Balaban J connectivity index is 1.24. The lowest BCUT2D eigenvalue weighted by Crippen LogP contribution is -2.39. The van der Waals surface area contributed by atoms with E-state index in [0.717, 1.165) is 60.2 Å². The van der Waals surface area contributed by atoms with Crippen LogP contribution < -0.4 is 15.5 Å². The Morgan fingerprint density at radius 1 is 1.00 bits per heavy atom. The summed E-state index contributed by atoms with van der Waals surface area (Å²) in [5.74, 6) is 0.745. The topological polar surface area (TPSA) is 117 Å². The van der Waals surface area contributed by atoms with E-state index in [4.69, 9.17) is 0 Å². The average Bonchev–Trinajstić information content (AvgIpc) is 3.39. The quantitative estimate of drug-likeness (QED) is 0.438. The molecule has 0 saturated carbocycles. The first kappa shape index (κ1) is 22.9. The number of nitrogens with one attached hydrogen (secondary N) is 2. The Morgan fingerprint density at radius 2 is 1.69 bits per heavy atom. The van der Waals surface area contributed by atoms with Crippen LogP contribution in [0.5, 0.6) is 0 Å². The van der Waals surface area contributed by atoms with Crippen LogP contribution in [0.2, 0.25) is 0 Å². The van der Waals surface area contributed by atoms with E-state index in [2.05, 4.69) is 35.6 Å². The first-order valence-corrected chi connectivity index (χ1v) is 12.3. The summed E-state index contributed by atoms with van der Waals surface area (Å²) in [6, 6.07) is 9.48. The summed E-state index contributed by atoms with van der Waals surface area (Å²) >= 11 is 1.46. The van der Waals surface area contributed by atoms with E-state index in [1.165, 1.54) is 18.3 Å². The summed E-state index contributed by atoms with van der Waals surface area (Å²) in [7, 11) is 0. The lowest BCUT2D eigenvalue weighted by molar-refractivity contribution is -0.120. The zero-order valence-electron chi connectivity index (χ0n) is 19.8. The molecule has 4 aromatic rings. The van der Waals surface area contributed by atoms with Crippen molar-refractivity contribution in [2.24, 2.45) is 5.92 Å². The molecule has 1 aliphatic rings. The Morgan fingerprint density at radius 3 is 2.34 bits per heavy atom. The highest BCUT2D eigenvalue weighted by atomic mass is 32.1. The minimum absolute atomic E-state index is 0.0644. The van der Waals surface area contributed by atoms with Crippen LogP contribution in [0.4, 0.5) is 17.6 Å². The van der Waals surface area contributed by atoms with Crippen LogP contribution in [0.25, 0.3) is 16.2 Å². The Hall–Kier alpha value is -3.86. The molecule has 2 N–H and O–H groups in total. The summed E-state index contributed by atoms with van der Waals surface area (Å²) in [6.45, 7) is 6.86. The van der Waals surface area contributed by atoms with Crippen molar-refractivity contribution < 1.29 is 9.59 Å². The predicted octanol–water partition coefficient (Wildman–Crippen LogP) is 3.68. The summed E-state index contributed by atoms with van der Waals surface area (Å²) in [6.07, 6.45) is 1.44. The smallest absolute Gasteiger partial charge is 0.250 e. The minimum Gasteiger partial charge on any atom is -0.341 e. The van der Waals surface area contributed by atoms with Crippen molar-refractivity contribution in [3.63, 3.8) is 0 Å². The van der Waals surface area contributed by atoms with Crippen molar-refractivity contribution in [1.29, 1.82) is 0 Å². The SMILES string of the molecule is CC(=O)Nc1ccc(-c2csc3nc(NC(=O)C4CCN(c5nc(C)cc(C)n5)CC4)nn23)cc1. The zero-order chi connectivity index (χ0) is 24.5. The number of aromatic nitrogens is 5. The lowest BCUT2D eigenvalue weighted by Gasteiger charge is -2.31. The summed E-state index contributed by atoms with van der Waals surface area (Å²) in [4.78, 5) is 40.5. The van der Waals surface area contributed by atoms with E-state index in [0.29, 0.717) is 10.9 Å². The first-order valence-electron chi connectivity index (χ1n) is 11.5. The fourth-order valence-electron chi connectivity index (χ4n) is 4.26. The first-order chi connectivity index (χ1) is 16.9. The van der Waals surface area contributed by atoms with Gasteiger partial charge >= 0.3 is 0 Å². The molecule has 5 rings (SSSR count). The highest BCUT2D eigenvalue weighted by molar-refractivity contribution is 7.15. The van der Waals surface area contributed by atoms with Gasteiger partial charge in [0.2, 0.25) is 28.7 Å². The minimum atomic E-state index is -0.114. The number of carbonyl (C=O) groups excluding carboxylic acids is 2. The Bertz CT molecular complexity index is 1370. The van der Waals surface area contributed by atoms with Crippen LogP contribution >= 0.6 is 11.3 Å². The maximum atomic E-state index is 12.9. The van der Waals surface area contributed by atoms with Gasteiger partial charge in [-0.1, -0.05) is 12.1 Å². The molecule has 0 spiro atoms. The third-order valence-electron chi connectivity index (χ3n) is 5.94. The van der Waals surface area contributed by atoms with Gasteiger partial charge in [0.05, 0.1) is 5.69 Å². The number of thiazole rings is 1. The highest BCUT2D eigenvalue weighted by Crippen LogP contribution is 2.28. The van der Waals surface area contributed by atoms with E-state index in [1.807, 2.05) is 49.6 Å². The van der Waals surface area contributed by atoms with E-state index in [-0.39, 0.29) is 17.7 Å². The Labute approximate surface area is 206 Å². The number of amides is 2. The van der Waals surface area contributed by atoms with Crippen LogP contribution in [0.15, 0.2) is 35.7 Å². The van der Waals surface area contributed by atoms with Crippen LogP contribution in [0.1, 0.15) is 31.2 Å². The second-order valence-electron chi connectivity index (χ2n) is 8.71. The van der Waals surface area contributed by atoms with Crippen molar-refractivity contribution >= 4 is 45.7 Å². The van der Waals surface area contributed by atoms with Crippen LogP contribution in [-0.2, 0) is 9.59 Å². The standard InChI is InChI=1S/C24H26N8O2S/c1-14-12-15(2)26-23(25-14)31-10-8-18(9-11-31)21(34)28-22-29-24-32(30-22)20(13-35-24)17-4-6-19(7-5-17)27-16(3)33/h4-7,12-13,18H,8-11H2,1-3H3,(H,27,33)(H,28,30,34). The number of benzene rings is 1. The predicted molar refractivity (Wildman–Crippen MR) is 136 cm³/mol. The molecule has 1 fully saturated rings. The van der Waals surface area contributed by atoms with Crippen LogP contribution in [0, 0.1) is 19.8 Å². The normalized spacial score (nSPS) is 14.3. The molecule has 1 aromatic carbocycles. The van der Waals surface area contributed by atoms with Crippen molar-refractivity contribution in [2.75, 3.05) is 28.6 Å². The van der Waals surface area contributed by atoms with Gasteiger partial charge in [-0.2, -0.15) is 4.98 Å². The fraction of sp³-hybridized carbons (Fsp3) is 0.333. The molecular formula is C24H26N8O2S. The largest absolute Gasteiger partial charge is 0.341 e. The van der Waals surface area contributed by atoms with E-state index < -0.39 is 0 Å². The van der Waals surface area contributed by atoms with Gasteiger partial charge in [0.15, 0.2) is 0 Å². The van der Waals surface area contributed by atoms with Crippen molar-refractivity contribution in [3.05, 3.63) is 47.1 Å². The summed E-state index contributed by atoms with van der Waals surface area (Å²) in [5, 5.41) is 12.1. The molecule has 0 unspecified atom stereocenters. The second-order valence-corrected chi connectivity index (χ2v) is 9.55. The number of piperidine rings is 1. The van der Waals surface area contributed by atoms with Gasteiger partial charge in [0.25, 0.3) is 0 Å². The molecule has 10 nitrogen and oxygen atoms in total. The van der Waals surface area contributed by atoms with E-state index >= 15 is 0 Å². The molecule has 35 heavy (non-hydrogen) atoms. The molecule has 0 bridgehead atoms. The molecule has 0 aliphatic carbocycles. The number of aryl methyl sites for hydroxylation is 2. The second kappa shape index (κ2) is 9.41. The van der Waals surface area contributed by atoms with Crippen molar-refractivity contribution in [2.45, 2.75) is 33.6 Å². The zero-order valence-corrected chi connectivity index (χ0v) is 20.6. The molecular weight excluding hydrogens is 464 g/mol. The van der Waals surface area contributed by atoms with E-state index in [9.17, 15) is 9.59 Å². The average molecular weight is 491 g/mol. The Kier molecular flexibility index (Phi) is 6.16. The third kappa shape index (κ3) is 4.99. The van der Waals surface area contributed by atoms with Gasteiger partial charge in [-0.25, -0.2) is 14.5 Å². The number of carbonyl (C=O) groups is 2. The highest BCUT2D eigenvalue weighted by Gasteiger charge is 2.27. The number of fused-ring (bicyclic) bond motifs is 1. The molecule has 3 aromatic heterocycles. The summed E-state index contributed by atoms with van der Waals surface area (Å²) in [5.41, 5.74) is 4.43. The van der Waals surface area contributed by atoms with Crippen molar-refractivity contribution in [3.8, 4) is 11.3 Å². The molecule has 0 radical (unpaired) electrons. The molecule has 2 amide bonds. The molecule has 1 aliphatic heterocycles. The molecule has 1 saturated heterocycles. The maximum absolute atomic E-state index is 12.9. The summed E-state index contributed by atoms with van der Waals surface area (Å²) < 4.78 is 1.73. The van der Waals surface area contributed by atoms with Gasteiger partial charge in [-0.05, 0) is 44.9 Å². The van der Waals surface area contributed by atoms with Gasteiger partial charge in [0.1, 0.15) is 0 Å².